The second-order valence-electron chi connectivity index (χ2n) is 4.97. The van der Waals surface area contributed by atoms with Crippen LogP contribution >= 0.6 is 0 Å². The Morgan fingerprint density at radius 3 is 2.78 bits per heavy atom. The third-order valence-electron chi connectivity index (χ3n) is 3.37. The molecule has 23 heavy (non-hydrogen) atoms. The summed E-state index contributed by atoms with van der Waals surface area (Å²) in [4.78, 5) is 27.8. The Balaban J connectivity index is 2.06. The Hall–Kier alpha value is -3.28. The minimum Gasteiger partial charge on any atom is -0.478 e. The Bertz CT molecular complexity index is 990. The Morgan fingerprint density at radius 2 is 2.00 bits per heavy atom. The molecule has 0 fully saturated rings. The molecular formula is C17H13N3O3. The molecule has 0 bridgehead atoms. The van der Waals surface area contributed by atoms with Gasteiger partial charge in [-0.2, -0.15) is 9.78 Å². The number of benzene rings is 2. The van der Waals surface area contributed by atoms with Crippen molar-refractivity contribution < 1.29 is 9.90 Å². The van der Waals surface area contributed by atoms with Crippen LogP contribution in [0.1, 0.15) is 21.7 Å². The molecule has 0 atom stereocenters. The van der Waals surface area contributed by atoms with Crippen LogP contribution in [0, 0.1) is 6.92 Å². The number of aromatic nitrogens is 2. The van der Waals surface area contributed by atoms with Crippen molar-refractivity contribution in [1.82, 2.24) is 9.66 Å². The van der Waals surface area contributed by atoms with Gasteiger partial charge in [0.05, 0.1) is 22.7 Å². The van der Waals surface area contributed by atoms with Crippen molar-refractivity contribution in [3.63, 3.8) is 0 Å². The molecule has 3 rings (SSSR count). The van der Waals surface area contributed by atoms with Gasteiger partial charge in [0.2, 0.25) is 0 Å². The normalized spacial score (nSPS) is 11.2. The average molecular weight is 307 g/mol. The molecule has 6 heteroatoms. The highest BCUT2D eigenvalue weighted by atomic mass is 16.4. The molecule has 0 saturated heterocycles. The van der Waals surface area contributed by atoms with Gasteiger partial charge in [-0.3, -0.25) is 4.79 Å². The fourth-order valence-electron chi connectivity index (χ4n) is 2.25. The first kappa shape index (κ1) is 14.6. The van der Waals surface area contributed by atoms with Gasteiger partial charge in [0.1, 0.15) is 5.82 Å². The van der Waals surface area contributed by atoms with Crippen molar-refractivity contribution in [1.29, 1.82) is 0 Å². The standard InChI is InChI=1S/C17H13N3O3/c1-11-19-15-8-3-2-7-14(15)16(21)20(11)18-10-12-5-4-6-13(9-12)17(22)23/h2-10H,1H3,(H,22,23)/b18-10+. The second-order valence-corrected chi connectivity index (χ2v) is 4.97. The highest BCUT2D eigenvalue weighted by molar-refractivity contribution is 5.90. The molecule has 3 aromatic rings. The summed E-state index contributed by atoms with van der Waals surface area (Å²) in [6.07, 6.45) is 1.44. The van der Waals surface area contributed by atoms with Crippen LogP contribution in [0.5, 0.6) is 0 Å². The lowest BCUT2D eigenvalue weighted by Crippen LogP contribution is -2.20. The molecule has 0 amide bonds. The maximum Gasteiger partial charge on any atom is 0.335 e. The molecule has 6 nitrogen and oxygen atoms in total. The Labute approximate surface area is 131 Å². The van der Waals surface area contributed by atoms with E-state index in [1.165, 1.54) is 23.0 Å². The molecule has 1 N–H and O–H groups in total. The molecular weight excluding hydrogens is 294 g/mol. The maximum absolute atomic E-state index is 12.5. The summed E-state index contributed by atoms with van der Waals surface area (Å²) >= 11 is 0. The fraction of sp³-hybridized carbons (Fsp3) is 0.0588. The second kappa shape index (κ2) is 5.84. The number of aromatic carboxylic acids is 1. The van der Waals surface area contributed by atoms with Crippen LogP contribution < -0.4 is 5.56 Å². The van der Waals surface area contributed by atoms with Crippen molar-refractivity contribution in [2.75, 3.05) is 0 Å². The van der Waals surface area contributed by atoms with E-state index >= 15 is 0 Å². The van der Waals surface area contributed by atoms with Crippen molar-refractivity contribution in [2.45, 2.75) is 6.92 Å². The van der Waals surface area contributed by atoms with Crippen molar-refractivity contribution in [3.8, 4) is 0 Å². The van der Waals surface area contributed by atoms with Crippen LogP contribution in [0.4, 0.5) is 0 Å². The number of rotatable bonds is 3. The number of carboxylic acid groups (broad SMARTS) is 1. The number of para-hydroxylation sites is 1. The van der Waals surface area contributed by atoms with Gasteiger partial charge < -0.3 is 5.11 Å². The summed E-state index contributed by atoms with van der Waals surface area (Å²) in [6.45, 7) is 1.69. The minimum atomic E-state index is -1.01. The summed E-state index contributed by atoms with van der Waals surface area (Å²) in [5.41, 5.74) is 1.10. The maximum atomic E-state index is 12.5. The first-order chi connectivity index (χ1) is 11.1. The minimum absolute atomic E-state index is 0.162. The summed E-state index contributed by atoms with van der Waals surface area (Å²) in [6, 6.07) is 13.4. The smallest absolute Gasteiger partial charge is 0.335 e. The van der Waals surface area contributed by atoms with Crippen molar-refractivity contribution in [3.05, 3.63) is 75.8 Å². The van der Waals surface area contributed by atoms with Crippen LogP contribution in [0.3, 0.4) is 0 Å². The zero-order chi connectivity index (χ0) is 16.4. The number of aryl methyl sites for hydroxylation is 1. The summed E-state index contributed by atoms with van der Waals surface area (Å²) in [7, 11) is 0. The van der Waals surface area contributed by atoms with Gasteiger partial charge in [0.25, 0.3) is 5.56 Å². The SMILES string of the molecule is Cc1nc2ccccc2c(=O)n1/N=C/c1cccc(C(=O)O)c1. The van der Waals surface area contributed by atoms with E-state index in [9.17, 15) is 9.59 Å². The largest absolute Gasteiger partial charge is 0.478 e. The monoisotopic (exact) mass is 307 g/mol. The highest BCUT2D eigenvalue weighted by Gasteiger charge is 2.06. The number of hydrogen-bond donors (Lipinski definition) is 1. The van der Waals surface area contributed by atoms with Crippen LogP contribution in [0.2, 0.25) is 0 Å². The Morgan fingerprint density at radius 1 is 1.22 bits per heavy atom. The van der Waals surface area contributed by atoms with Crippen molar-refractivity contribution >= 4 is 23.1 Å². The Kier molecular flexibility index (Phi) is 3.72. The van der Waals surface area contributed by atoms with E-state index in [0.717, 1.165) is 0 Å². The highest BCUT2D eigenvalue weighted by Crippen LogP contribution is 2.08. The van der Waals surface area contributed by atoms with E-state index in [1.54, 1.807) is 37.3 Å². The van der Waals surface area contributed by atoms with E-state index in [1.807, 2.05) is 6.07 Å². The van der Waals surface area contributed by atoms with Crippen molar-refractivity contribution in [2.24, 2.45) is 5.10 Å². The number of carboxylic acids is 1. The van der Waals surface area contributed by atoms with E-state index in [2.05, 4.69) is 10.1 Å². The number of carbonyl (C=O) groups is 1. The molecule has 0 unspecified atom stereocenters. The predicted molar refractivity (Wildman–Crippen MR) is 87.1 cm³/mol. The molecule has 0 saturated carbocycles. The predicted octanol–water partition coefficient (Wildman–Crippen LogP) is 2.29. The molecule has 0 aliphatic rings. The van der Waals surface area contributed by atoms with Gasteiger partial charge >= 0.3 is 5.97 Å². The van der Waals surface area contributed by atoms with Gasteiger partial charge in [0, 0.05) is 0 Å². The number of fused-ring (bicyclic) bond motifs is 1. The van der Waals surface area contributed by atoms with E-state index in [4.69, 9.17) is 5.11 Å². The quantitative estimate of drug-likeness (QED) is 0.752. The first-order valence-corrected chi connectivity index (χ1v) is 6.92. The van der Waals surface area contributed by atoms with Crippen LogP contribution in [-0.2, 0) is 0 Å². The molecule has 2 aromatic carbocycles. The van der Waals surface area contributed by atoms with E-state index in [0.29, 0.717) is 22.3 Å². The van der Waals surface area contributed by atoms with Gasteiger partial charge in [-0.05, 0) is 36.8 Å². The van der Waals surface area contributed by atoms with Crippen LogP contribution in [0.25, 0.3) is 10.9 Å². The molecule has 0 aliphatic carbocycles. The fourth-order valence-corrected chi connectivity index (χ4v) is 2.25. The first-order valence-electron chi connectivity index (χ1n) is 6.92. The van der Waals surface area contributed by atoms with Gasteiger partial charge in [0.15, 0.2) is 0 Å². The average Bonchev–Trinajstić information content (AvgIpc) is 2.55. The third kappa shape index (κ3) is 2.87. The summed E-state index contributed by atoms with van der Waals surface area (Å²) < 4.78 is 1.20. The molecule has 1 heterocycles. The zero-order valence-corrected chi connectivity index (χ0v) is 12.3. The molecule has 0 aliphatic heterocycles. The van der Waals surface area contributed by atoms with Crippen LogP contribution in [0.15, 0.2) is 58.4 Å². The van der Waals surface area contributed by atoms with Gasteiger partial charge in [-0.15, -0.1) is 0 Å². The lowest BCUT2D eigenvalue weighted by atomic mass is 10.1. The molecule has 0 spiro atoms. The molecule has 0 radical (unpaired) electrons. The van der Waals surface area contributed by atoms with Gasteiger partial charge in [-0.1, -0.05) is 24.3 Å². The topological polar surface area (TPSA) is 84.5 Å². The number of nitrogens with zero attached hydrogens (tertiary/aromatic N) is 3. The van der Waals surface area contributed by atoms with E-state index < -0.39 is 5.97 Å². The molecule has 114 valence electrons. The molecule has 1 aromatic heterocycles. The van der Waals surface area contributed by atoms with E-state index in [-0.39, 0.29) is 11.1 Å². The van der Waals surface area contributed by atoms with Gasteiger partial charge in [-0.25, -0.2) is 9.78 Å². The summed E-state index contributed by atoms with van der Waals surface area (Å²) in [5, 5.41) is 13.6. The third-order valence-corrected chi connectivity index (χ3v) is 3.37. The van der Waals surface area contributed by atoms with Crippen LogP contribution in [-0.4, -0.2) is 27.0 Å². The summed E-state index contributed by atoms with van der Waals surface area (Å²) in [5.74, 6) is -0.555. The lowest BCUT2D eigenvalue weighted by molar-refractivity contribution is 0.0697. The lowest BCUT2D eigenvalue weighted by Gasteiger charge is -2.05. The zero-order valence-electron chi connectivity index (χ0n) is 12.3. The number of hydrogen-bond acceptors (Lipinski definition) is 4.